The third kappa shape index (κ3) is 2.34. The average molecular weight is 215 g/mol. The Kier molecular flexibility index (Phi) is 3.43. The molecular weight excluding hydrogens is 198 g/mol. The third-order valence-corrected chi connectivity index (χ3v) is 3.22. The van der Waals surface area contributed by atoms with Crippen LogP contribution in [0.25, 0.3) is 0 Å². The van der Waals surface area contributed by atoms with Gasteiger partial charge < -0.3 is 10.2 Å². The number of nitrogens with zero attached hydrogens (tertiary/aromatic N) is 2. The molecule has 3 nitrogen and oxygen atoms in total. The largest absolute Gasteiger partial charge is 0.370 e. The second-order valence-electron chi connectivity index (χ2n) is 4.27. The monoisotopic (exact) mass is 215 g/mol. The minimum atomic E-state index is 0.571. The van der Waals surface area contributed by atoms with Crippen LogP contribution in [0.3, 0.4) is 0 Å². The molecule has 1 unspecified atom stereocenters. The maximum atomic E-state index is 8.74. The molecule has 0 bridgehead atoms. The number of anilines is 1. The Morgan fingerprint density at radius 2 is 2.12 bits per heavy atom. The lowest BCUT2D eigenvalue weighted by Crippen LogP contribution is -2.44. The van der Waals surface area contributed by atoms with Crippen LogP contribution in [-0.4, -0.2) is 26.2 Å². The van der Waals surface area contributed by atoms with E-state index in [0.717, 1.165) is 18.7 Å². The summed E-state index contributed by atoms with van der Waals surface area (Å²) >= 11 is 0. The second kappa shape index (κ2) is 5.00. The van der Waals surface area contributed by atoms with Crippen LogP contribution in [0.15, 0.2) is 24.3 Å². The quantitative estimate of drug-likeness (QED) is 0.817. The van der Waals surface area contributed by atoms with Crippen molar-refractivity contribution >= 4 is 5.69 Å². The summed E-state index contributed by atoms with van der Waals surface area (Å²) in [6.45, 7) is 2.19. The fourth-order valence-electron chi connectivity index (χ4n) is 2.15. The number of benzene rings is 1. The highest BCUT2D eigenvalue weighted by Gasteiger charge is 2.17. The number of hydrogen-bond acceptors (Lipinski definition) is 3. The molecule has 0 radical (unpaired) electrons. The smallest absolute Gasteiger partial charge is 0.0991 e. The van der Waals surface area contributed by atoms with Crippen molar-refractivity contribution < 1.29 is 0 Å². The summed E-state index contributed by atoms with van der Waals surface area (Å²) in [6.07, 6.45) is 2.48. The van der Waals surface area contributed by atoms with Crippen LogP contribution in [0.4, 0.5) is 5.69 Å². The van der Waals surface area contributed by atoms with Gasteiger partial charge in [0.05, 0.1) is 11.6 Å². The summed E-state index contributed by atoms with van der Waals surface area (Å²) in [5.74, 6) is 0. The summed E-state index contributed by atoms with van der Waals surface area (Å²) in [5, 5.41) is 12.2. The lowest BCUT2D eigenvalue weighted by molar-refractivity contribution is 0.445. The number of hydrogen-bond donors (Lipinski definition) is 1. The van der Waals surface area contributed by atoms with E-state index in [-0.39, 0.29) is 0 Å². The van der Waals surface area contributed by atoms with Crippen molar-refractivity contribution in [2.45, 2.75) is 18.9 Å². The van der Waals surface area contributed by atoms with E-state index in [1.54, 1.807) is 0 Å². The molecule has 0 aliphatic carbocycles. The first kappa shape index (κ1) is 11.0. The van der Waals surface area contributed by atoms with E-state index in [1.165, 1.54) is 18.5 Å². The van der Waals surface area contributed by atoms with E-state index in [2.05, 4.69) is 23.3 Å². The van der Waals surface area contributed by atoms with Crippen molar-refractivity contribution in [1.82, 2.24) is 5.32 Å². The molecule has 16 heavy (non-hydrogen) atoms. The van der Waals surface area contributed by atoms with E-state index < -0.39 is 0 Å². The molecule has 1 saturated heterocycles. The lowest BCUT2D eigenvalue weighted by Gasteiger charge is -2.33. The number of piperidine rings is 1. The molecule has 0 amide bonds. The molecule has 1 aliphatic rings. The van der Waals surface area contributed by atoms with E-state index in [1.807, 2.05) is 24.3 Å². The van der Waals surface area contributed by atoms with Gasteiger partial charge in [-0.3, -0.25) is 0 Å². The molecular formula is C13H17N3. The van der Waals surface area contributed by atoms with E-state index in [0.29, 0.717) is 6.04 Å². The summed E-state index contributed by atoms with van der Waals surface area (Å²) < 4.78 is 0. The molecule has 1 atom stereocenters. The Bertz CT molecular complexity index is 371. The minimum absolute atomic E-state index is 0.571. The molecule has 1 aromatic rings. The second-order valence-corrected chi connectivity index (χ2v) is 4.27. The molecule has 2 rings (SSSR count). The van der Waals surface area contributed by atoms with Gasteiger partial charge in [-0.25, -0.2) is 0 Å². The van der Waals surface area contributed by atoms with Crippen molar-refractivity contribution in [3.8, 4) is 6.07 Å². The molecule has 0 spiro atoms. The van der Waals surface area contributed by atoms with Crippen molar-refractivity contribution in [1.29, 1.82) is 5.26 Å². The Labute approximate surface area is 96.7 Å². The number of rotatable bonds is 2. The van der Waals surface area contributed by atoms with Crippen molar-refractivity contribution in [2.75, 3.05) is 25.0 Å². The zero-order chi connectivity index (χ0) is 11.4. The van der Waals surface area contributed by atoms with Gasteiger partial charge >= 0.3 is 0 Å². The van der Waals surface area contributed by atoms with Gasteiger partial charge in [-0.1, -0.05) is 0 Å². The first-order valence-corrected chi connectivity index (χ1v) is 5.75. The van der Waals surface area contributed by atoms with Crippen LogP contribution in [0.2, 0.25) is 0 Å². The fraction of sp³-hybridized carbons (Fsp3) is 0.462. The summed E-state index contributed by atoms with van der Waals surface area (Å²) in [6, 6.07) is 10.5. The number of likely N-dealkylation sites (N-methyl/N-ethyl adjacent to an activating group) is 1. The number of nitriles is 1. The van der Waals surface area contributed by atoms with Gasteiger partial charge in [0, 0.05) is 25.3 Å². The Morgan fingerprint density at radius 1 is 1.38 bits per heavy atom. The average Bonchev–Trinajstić information content (AvgIpc) is 2.39. The summed E-state index contributed by atoms with van der Waals surface area (Å²) in [7, 11) is 2.12. The van der Waals surface area contributed by atoms with Gasteiger partial charge in [0.1, 0.15) is 0 Å². The molecule has 1 heterocycles. The Balaban J connectivity index is 2.07. The molecule has 1 fully saturated rings. The standard InChI is InChI=1S/C13H17N3/c1-16(13-3-2-8-15-10-13)12-6-4-11(9-14)5-7-12/h4-7,13,15H,2-3,8,10H2,1H3. The zero-order valence-corrected chi connectivity index (χ0v) is 9.61. The van der Waals surface area contributed by atoms with Gasteiger partial charge in [-0.15, -0.1) is 0 Å². The first-order valence-electron chi connectivity index (χ1n) is 5.75. The van der Waals surface area contributed by atoms with Crippen molar-refractivity contribution in [2.24, 2.45) is 0 Å². The minimum Gasteiger partial charge on any atom is -0.370 e. The Morgan fingerprint density at radius 3 is 2.69 bits per heavy atom. The van der Waals surface area contributed by atoms with E-state index >= 15 is 0 Å². The van der Waals surface area contributed by atoms with Gasteiger partial charge in [0.25, 0.3) is 0 Å². The van der Waals surface area contributed by atoms with Crippen LogP contribution >= 0.6 is 0 Å². The zero-order valence-electron chi connectivity index (χ0n) is 9.61. The van der Waals surface area contributed by atoms with Gasteiger partial charge in [-0.05, 0) is 43.7 Å². The predicted octanol–water partition coefficient (Wildman–Crippen LogP) is 1.75. The Hall–Kier alpha value is -1.53. The maximum Gasteiger partial charge on any atom is 0.0991 e. The molecule has 1 aromatic carbocycles. The van der Waals surface area contributed by atoms with Crippen molar-refractivity contribution in [3.63, 3.8) is 0 Å². The highest BCUT2D eigenvalue weighted by atomic mass is 15.2. The molecule has 1 aliphatic heterocycles. The van der Waals surface area contributed by atoms with Crippen LogP contribution < -0.4 is 10.2 Å². The lowest BCUT2D eigenvalue weighted by atomic mass is 10.1. The van der Waals surface area contributed by atoms with E-state index in [9.17, 15) is 0 Å². The highest BCUT2D eigenvalue weighted by Crippen LogP contribution is 2.19. The summed E-state index contributed by atoms with van der Waals surface area (Å²) in [5.41, 5.74) is 1.91. The van der Waals surface area contributed by atoms with Crippen LogP contribution in [0.1, 0.15) is 18.4 Å². The number of nitrogens with one attached hydrogen (secondary N) is 1. The molecule has 1 N–H and O–H groups in total. The molecule has 0 saturated carbocycles. The van der Waals surface area contributed by atoms with Gasteiger partial charge in [0.15, 0.2) is 0 Å². The van der Waals surface area contributed by atoms with Crippen molar-refractivity contribution in [3.05, 3.63) is 29.8 Å². The third-order valence-electron chi connectivity index (χ3n) is 3.22. The van der Waals surface area contributed by atoms with Gasteiger partial charge in [-0.2, -0.15) is 5.26 Å². The molecule has 0 aromatic heterocycles. The van der Waals surface area contributed by atoms with Crippen LogP contribution in [0, 0.1) is 11.3 Å². The first-order chi connectivity index (χ1) is 7.81. The normalized spacial score (nSPS) is 20.1. The predicted molar refractivity (Wildman–Crippen MR) is 65.5 cm³/mol. The summed E-state index contributed by atoms with van der Waals surface area (Å²) in [4.78, 5) is 2.30. The topological polar surface area (TPSA) is 39.1 Å². The van der Waals surface area contributed by atoms with Gasteiger partial charge in [0.2, 0.25) is 0 Å². The highest BCUT2D eigenvalue weighted by molar-refractivity contribution is 5.49. The van der Waals surface area contributed by atoms with Crippen LogP contribution in [-0.2, 0) is 0 Å². The fourth-order valence-corrected chi connectivity index (χ4v) is 2.15. The molecule has 84 valence electrons. The molecule has 3 heteroatoms. The maximum absolute atomic E-state index is 8.74. The van der Waals surface area contributed by atoms with E-state index in [4.69, 9.17) is 5.26 Å². The van der Waals surface area contributed by atoms with Crippen LogP contribution in [0.5, 0.6) is 0 Å². The SMILES string of the molecule is CN(c1ccc(C#N)cc1)C1CCCNC1.